The van der Waals surface area contributed by atoms with Gasteiger partial charge < -0.3 is 4.42 Å². The van der Waals surface area contributed by atoms with Crippen LogP contribution < -0.4 is 0 Å². The molecule has 6 heteroatoms. The van der Waals surface area contributed by atoms with Crippen molar-refractivity contribution in [1.29, 1.82) is 0 Å². The lowest BCUT2D eigenvalue weighted by atomic mass is 10.1. The van der Waals surface area contributed by atoms with Crippen molar-refractivity contribution < 1.29 is 9.21 Å². The second-order valence-corrected chi connectivity index (χ2v) is 8.30. The Labute approximate surface area is 162 Å². The van der Waals surface area contributed by atoms with Crippen molar-refractivity contribution in [3.63, 3.8) is 0 Å². The van der Waals surface area contributed by atoms with Gasteiger partial charge in [0.1, 0.15) is 4.32 Å². The van der Waals surface area contributed by atoms with Crippen molar-refractivity contribution in [3.05, 3.63) is 47.3 Å². The van der Waals surface area contributed by atoms with Gasteiger partial charge >= 0.3 is 0 Å². The van der Waals surface area contributed by atoms with Crippen LogP contribution in [0.4, 0.5) is 0 Å². The van der Waals surface area contributed by atoms with Gasteiger partial charge in [0.25, 0.3) is 5.91 Å². The highest BCUT2D eigenvalue weighted by Crippen LogP contribution is 2.37. The molecule has 0 unspecified atom stereocenters. The van der Waals surface area contributed by atoms with E-state index in [1.54, 1.807) is 12.3 Å². The van der Waals surface area contributed by atoms with Gasteiger partial charge in [-0.1, -0.05) is 80.0 Å². The van der Waals surface area contributed by atoms with Gasteiger partial charge in [0.2, 0.25) is 5.89 Å². The smallest absolute Gasteiger partial charge is 0.266 e. The number of benzene rings is 1. The molecule has 1 amide bonds. The lowest BCUT2D eigenvalue weighted by molar-refractivity contribution is -0.123. The van der Waals surface area contributed by atoms with E-state index in [1.807, 2.05) is 35.2 Å². The maximum absolute atomic E-state index is 12.9. The molecule has 4 nitrogen and oxygen atoms in total. The predicted octanol–water partition coefficient (Wildman–Crippen LogP) is 5.27. The van der Waals surface area contributed by atoms with Crippen LogP contribution >= 0.6 is 24.0 Å². The molecule has 0 spiro atoms. The summed E-state index contributed by atoms with van der Waals surface area (Å²) in [4.78, 5) is 19.6. The number of rotatable bonds is 3. The summed E-state index contributed by atoms with van der Waals surface area (Å²) >= 11 is 6.84. The molecule has 2 fully saturated rings. The van der Waals surface area contributed by atoms with Crippen LogP contribution in [0.15, 0.2) is 45.9 Å². The largest absolute Gasteiger partial charge is 0.437 e. The topological polar surface area (TPSA) is 46.3 Å². The molecule has 1 aliphatic heterocycles. The Kier molecular flexibility index (Phi) is 5.22. The minimum Gasteiger partial charge on any atom is -0.437 e. The molecule has 0 atom stereocenters. The minimum absolute atomic E-state index is 0.00800. The van der Waals surface area contributed by atoms with Gasteiger partial charge in [-0.05, 0) is 12.8 Å². The number of amides is 1. The Hall–Kier alpha value is -1.92. The van der Waals surface area contributed by atoms with Gasteiger partial charge in [0, 0.05) is 17.7 Å². The van der Waals surface area contributed by atoms with E-state index in [1.165, 1.54) is 37.4 Å². The van der Waals surface area contributed by atoms with Crippen LogP contribution in [0.1, 0.15) is 44.4 Å². The molecular weight excluding hydrogens is 364 g/mol. The van der Waals surface area contributed by atoms with Gasteiger partial charge in [0.15, 0.2) is 5.76 Å². The summed E-state index contributed by atoms with van der Waals surface area (Å²) in [6.45, 7) is 0. The summed E-state index contributed by atoms with van der Waals surface area (Å²) in [5.74, 6) is 1.12. The Morgan fingerprint density at radius 1 is 1.15 bits per heavy atom. The van der Waals surface area contributed by atoms with E-state index in [9.17, 15) is 4.79 Å². The standard InChI is InChI=1S/C20H20N2O2S2/c23-19-17(26-20(25)22(19)15-10-6-1-2-7-11-15)12-18-21-13-16(24-18)14-8-4-3-5-9-14/h3-5,8-9,12-13,15H,1-2,6-7,10-11H2/b17-12-. The first-order chi connectivity index (χ1) is 12.7. The quantitative estimate of drug-likeness (QED) is 0.410. The maximum atomic E-state index is 12.9. The van der Waals surface area contributed by atoms with Crippen molar-refractivity contribution in [2.24, 2.45) is 0 Å². The van der Waals surface area contributed by atoms with Crippen LogP contribution in [0, 0.1) is 0 Å². The van der Waals surface area contributed by atoms with Crippen molar-refractivity contribution in [3.8, 4) is 11.3 Å². The van der Waals surface area contributed by atoms with Gasteiger partial charge in [-0.3, -0.25) is 9.69 Å². The fourth-order valence-corrected chi connectivity index (χ4v) is 4.88. The number of thioether (sulfide) groups is 1. The zero-order valence-electron chi connectivity index (χ0n) is 14.4. The van der Waals surface area contributed by atoms with E-state index >= 15 is 0 Å². The highest BCUT2D eigenvalue weighted by Gasteiger charge is 2.37. The molecular formula is C20H20N2O2S2. The number of oxazole rings is 1. The first kappa shape index (κ1) is 17.5. The molecule has 26 heavy (non-hydrogen) atoms. The second-order valence-electron chi connectivity index (χ2n) is 6.63. The number of hydrogen-bond acceptors (Lipinski definition) is 5. The van der Waals surface area contributed by atoms with E-state index in [-0.39, 0.29) is 11.9 Å². The second kappa shape index (κ2) is 7.76. The Bertz CT molecular complexity index is 837. The molecule has 0 radical (unpaired) electrons. The zero-order chi connectivity index (χ0) is 17.9. The molecule has 2 heterocycles. The highest BCUT2D eigenvalue weighted by molar-refractivity contribution is 8.26. The molecule has 2 aromatic rings. The van der Waals surface area contributed by atoms with Crippen LogP contribution in [-0.2, 0) is 4.79 Å². The molecule has 2 aliphatic rings. The molecule has 0 bridgehead atoms. The molecule has 134 valence electrons. The third kappa shape index (κ3) is 3.62. The normalized spacial score (nSPS) is 20.8. The van der Waals surface area contributed by atoms with Crippen LogP contribution in [-0.4, -0.2) is 26.2 Å². The van der Waals surface area contributed by atoms with E-state index in [0.29, 0.717) is 20.9 Å². The number of carbonyl (C=O) groups excluding carboxylic acids is 1. The average Bonchev–Trinajstić information content (AvgIpc) is 3.11. The molecule has 1 saturated carbocycles. The lowest BCUT2D eigenvalue weighted by Crippen LogP contribution is -2.38. The molecule has 0 N–H and O–H groups in total. The Morgan fingerprint density at radius 3 is 2.62 bits per heavy atom. The SMILES string of the molecule is O=C1/C(=C/c2ncc(-c3ccccc3)o2)SC(=S)N1C1CCCCCC1. The van der Waals surface area contributed by atoms with Crippen molar-refractivity contribution >= 4 is 40.3 Å². The minimum atomic E-state index is -0.00800. The van der Waals surface area contributed by atoms with E-state index in [0.717, 1.165) is 18.4 Å². The molecule has 1 aliphatic carbocycles. The summed E-state index contributed by atoms with van der Waals surface area (Å²) < 4.78 is 6.46. The van der Waals surface area contributed by atoms with Crippen LogP contribution in [0.3, 0.4) is 0 Å². The third-order valence-corrected chi connectivity index (χ3v) is 6.18. The number of thiocarbonyl (C=S) groups is 1. The van der Waals surface area contributed by atoms with E-state index in [4.69, 9.17) is 16.6 Å². The summed E-state index contributed by atoms with van der Waals surface area (Å²) in [6, 6.07) is 10.0. The molecule has 1 saturated heterocycles. The Balaban J connectivity index is 1.54. The van der Waals surface area contributed by atoms with Crippen LogP contribution in [0.25, 0.3) is 17.4 Å². The number of carbonyl (C=O) groups is 1. The molecule has 1 aromatic heterocycles. The fourth-order valence-electron chi connectivity index (χ4n) is 3.51. The number of nitrogens with zero attached hydrogens (tertiary/aromatic N) is 2. The average molecular weight is 385 g/mol. The highest BCUT2D eigenvalue weighted by atomic mass is 32.2. The summed E-state index contributed by atoms with van der Waals surface area (Å²) in [5.41, 5.74) is 0.964. The van der Waals surface area contributed by atoms with Gasteiger partial charge in [0.05, 0.1) is 11.1 Å². The van der Waals surface area contributed by atoms with E-state index < -0.39 is 0 Å². The maximum Gasteiger partial charge on any atom is 0.266 e. The van der Waals surface area contributed by atoms with Crippen molar-refractivity contribution in [2.45, 2.75) is 44.6 Å². The fraction of sp³-hybridized carbons (Fsp3) is 0.350. The van der Waals surface area contributed by atoms with Crippen molar-refractivity contribution in [2.75, 3.05) is 0 Å². The number of aromatic nitrogens is 1. The van der Waals surface area contributed by atoms with E-state index in [2.05, 4.69) is 4.98 Å². The van der Waals surface area contributed by atoms with Gasteiger partial charge in [-0.15, -0.1) is 0 Å². The van der Waals surface area contributed by atoms with Crippen LogP contribution in [0.5, 0.6) is 0 Å². The Morgan fingerprint density at radius 2 is 1.88 bits per heavy atom. The predicted molar refractivity (Wildman–Crippen MR) is 108 cm³/mol. The third-order valence-electron chi connectivity index (χ3n) is 4.85. The monoisotopic (exact) mass is 384 g/mol. The summed E-state index contributed by atoms with van der Waals surface area (Å²) in [5, 5.41) is 0. The summed E-state index contributed by atoms with van der Waals surface area (Å²) in [7, 11) is 0. The van der Waals surface area contributed by atoms with Gasteiger partial charge in [-0.2, -0.15) is 0 Å². The van der Waals surface area contributed by atoms with Crippen molar-refractivity contribution in [1.82, 2.24) is 9.88 Å². The first-order valence-corrected chi connectivity index (χ1v) is 10.2. The number of hydrogen-bond donors (Lipinski definition) is 0. The van der Waals surface area contributed by atoms with Gasteiger partial charge in [-0.25, -0.2) is 4.98 Å². The summed E-state index contributed by atoms with van der Waals surface area (Å²) in [6.07, 6.45) is 10.3. The molecule has 1 aromatic carbocycles. The zero-order valence-corrected chi connectivity index (χ0v) is 16.0. The first-order valence-electron chi connectivity index (χ1n) is 9.01. The molecule has 4 rings (SSSR count). The lowest BCUT2D eigenvalue weighted by Gasteiger charge is -2.25. The van der Waals surface area contributed by atoms with Crippen LogP contribution in [0.2, 0.25) is 0 Å².